The second-order valence-electron chi connectivity index (χ2n) is 4.70. The first-order valence-electron chi connectivity index (χ1n) is 5.47. The van der Waals surface area contributed by atoms with Gasteiger partial charge in [0.25, 0.3) is 5.91 Å². The quantitative estimate of drug-likeness (QED) is 0.590. The summed E-state index contributed by atoms with van der Waals surface area (Å²) in [5.74, 6) is -1.08. The van der Waals surface area contributed by atoms with Gasteiger partial charge in [-0.3, -0.25) is 9.59 Å². The maximum Gasteiger partial charge on any atom is 0.250 e. The van der Waals surface area contributed by atoms with Crippen LogP contribution in [0.1, 0.15) is 24.2 Å². The number of benzene rings is 1. The van der Waals surface area contributed by atoms with Gasteiger partial charge < -0.3 is 22.5 Å². The summed E-state index contributed by atoms with van der Waals surface area (Å²) in [7, 11) is 0. The zero-order valence-corrected chi connectivity index (χ0v) is 10.4. The number of anilines is 1. The van der Waals surface area contributed by atoms with Gasteiger partial charge in [-0.2, -0.15) is 0 Å². The fourth-order valence-electron chi connectivity index (χ4n) is 1.36. The summed E-state index contributed by atoms with van der Waals surface area (Å²) in [4.78, 5) is 23.1. The summed E-state index contributed by atoms with van der Waals surface area (Å²) >= 11 is 0. The van der Waals surface area contributed by atoms with Gasteiger partial charge in [-0.05, 0) is 26.0 Å². The highest BCUT2D eigenvalue weighted by molar-refractivity contribution is 6.04. The minimum atomic E-state index is -0.890. The molecule has 1 atom stereocenters. The number of primary amides is 1. The van der Waals surface area contributed by atoms with Gasteiger partial charge in [-0.1, -0.05) is 12.1 Å². The molecular weight excluding hydrogens is 232 g/mol. The van der Waals surface area contributed by atoms with Crippen LogP contribution in [-0.2, 0) is 4.79 Å². The first kappa shape index (κ1) is 14.1. The Morgan fingerprint density at radius 2 is 1.83 bits per heavy atom. The zero-order chi connectivity index (χ0) is 13.9. The van der Waals surface area contributed by atoms with Crippen molar-refractivity contribution in [3.63, 3.8) is 0 Å². The van der Waals surface area contributed by atoms with Gasteiger partial charge >= 0.3 is 0 Å². The zero-order valence-electron chi connectivity index (χ0n) is 10.4. The number of carbonyl (C=O) groups excluding carboxylic acids is 2. The lowest BCUT2D eigenvalue weighted by Gasteiger charge is -2.26. The molecule has 1 aromatic rings. The van der Waals surface area contributed by atoms with Crippen LogP contribution in [0.4, 0.5) is 5.69 Å². The fraction of sp³-hybridized carbons (Fsp3) is 0.333. The summed E-state index contributed by atoms with van der Waals surface area (Å²) < 4.78 is 0. The number of rotatable bonds is 4. The Morgan fingerprint density at radius 3 is 2.33 bits per heavy atom. The maximum absolute atomic E-state index is 11.9. The lowest BCUT2D eigenvalue weighted by molar-refractivity contribution is -0.118. The molecule has 0 fully saturated rings. The van der Waals surface area contributed by atoms with E-state index in [1.165, 1.54) is 6.07 Å². The highest BCUT2D eigenvalue weighted by Crippen LogP contribution is 2.15. The minimum absolute atomic E-state index is 0.230. The van der Waals surface area contributed by atoms with Crippen LogP contribution in [0.3, 0.4) is 0 Å². The van der Waals surface area contributed by atoms with Crippen molar-refractivity contribution in [3.8, 4) is 0 Å². The first-order chi connectivity index (χ1) is 8.23. The van der Waals surface area contributed by atoms with Crippen molar-refractivity contribution in [2.24, 2.45) is 17.2 Å². The largest absolute Gasteiger partial charge is 0.366 e. The summed E-state index contributed by atoms with van der Waals surface area (Å²) in [6.45, 7) is 3.30. The number of amides is 2. The predicted octanol–water partition coefficient (Wildman–Crippen LogP) is -0.211. The number of hydrogen-bond donors (Lipinski definition) is 4. The standard InChI is InChI=1S/C12H18N4O2/c1-12(2,15)9(13)11(18)16-8-6-4-3-5-7(8)10(14)17/h3-6,9H,13,15H2,1-2H3,(H2,14,17)(H,16,18)/t9-/m1/s1. The molecule has 0 bridgehead atoms. The molecule has 6 nitrogen and oxygen atoms in total. The van der Waals surface area contributed by atoms with Crippen molar-refractivity contribution < 1.29 is 9.59 Å². The summed E-state index contributed by atoms with van der Waals surface area (Å²) in [5, 5.41) is 2.55. The van der Waals surface area contributed by atoms with E-state index in [0.717, 1.165) is 0 Å². The third-order valence-electron chi connectivity index (χ3n) is 2.53. The van der Waals surface area contributed by atoms with E-state index < -0.39 is 23.4 Å². The summed E-state index contributed by atoms with van der Waals surface area (Å²) in [6.07, 6.45) is 0. The Hall–Kier alpha value is -1.92. The van der Waals surface area contributed by atoms with Crippen molar-refractivity contribution in [1.82, 2.24) is 0 Å². The van der Waals surface area contributed by atoms with Gasteiger partial charge in [0.15, 0.2) is 0 Å². The molecule has 1 aromatic carbocycles. The van der Waals surface area contributed by atoms with Crippen LogP contribution < -0.4 is 22.5 Å². The van der Waals surface area contributed by atoms with Crippen molar-refractivity contribution in [3.05, 3.63) is 29.8 Å². The van der Waals surface area contributed by atoms with Crippen LogP contribution in [0, 0.1) is 0 Å². The molecule has 7 N–H and O–H groups in total. The molecule has 0 radical (unpaired) electrons. The van der Waals surface area contributed by atoms with Crippen LogP contribution in [0.5, 0.6) is 0 Å². The number of nitrogens with two attached hydrogens (primary N) is 3. The number of para-hydroxylation sites is 1. The molecule has 98 valence electrons. The molecular formula is C12H18N4O2. The van der Waals surface area contributed by atoms with Gasteiger partial charge in [0.1, 0.15) is 6.04 Å². The Bertz CT molecular complexity index is 465. The molecule has 1 rings (SSSR count). The van der Waals surface area contributed by atoms with Crippen LogP contribution in [0.2, 0.25) is 0 Å². The van der Waals surface area contributed by atoms with E-state index in [-0.39, 0.29) is 5.56 Å². The van der Waals surface area contributed by atoms with E-state index in [0.29, 0.717) is 5.69 Å². The normalized spacial score (nSPS) is 12.9. The smallest absolute Gasteiger partial charge is 0.250 e. The van der Waals surface area contributed by atoms with E-state index in [4.69, 9.17) is 17.2 Å². The van der Waals surface area contributed by atoms with Crippen molar-refractivity contribution >= 4 is 17.5 Å². The minimum Gasteiger partial charge on any atom is -0.366 e. The average Bonchev–Trinajstić information content (AvgIpc) is 2.27. The fourth-order valence-corrected chi connectivity index (χ4v) is 1.36. The maximum atomic E-state index is 11.9. The predicted molar refractivity (Wildman–Crippen MR) is 69.8 cm³/mol. The Balaban J connectivity index is 2.92. The Labute approximate surface area is 106 Å². The Morgan fingerprint density at radius 1 is 1.28 bits per heavy atom. The number of nitrogens with one attached hydrogen (secondary N) is 1. The molecule has 18 heavy (non-hydrogen) atoms. The van der Waals surface area contributed by atoms with Crippen LogP contribution in [0.25, 0.3) is 0 Å². The van der Waals surface area contributed by atoms with Gasteiger partial charge in [0.05, 0.1) is 11.3 Å². The third kappa shape index (κ3) is 3.28. The van der Waals surface area contributed by atoms with E-state index >= 15 is 0 Å². The highest BCUT2D eigenvalue weighted by atomic mass is 16.2. The van der Waals surface area contributed by atoms with Gasteiger partial charge in [-0.25, -0.2) is 0 Å². The lowest BCUT2D eigenvalue weighted by Crippen LogP contribution is -2.56. The lowest BCUT2D eigenvalue weighted by atomic mass is 9.96. The van der Waals surface area contributed by atoms with Crippen molar-refractivity contribution in [2.75, 3.05) is 5.32 Å². The van der Waals surface area contributed by atoms with E-state index in [1.54, 1.807) is 32.0 Å². The van der Waals surface area contributed by atoms with Gasteiger partial charge in [0, 0.05) is 5.54 Å². The van der Waals surface area contributed by atoms with E-state index in [1.807, 2.05) is 0 Å². The molecule has 0 spiro atoms. The van der Waals surface area contributed by atoms with Crippen molar-refractivity contribution in [2.45, 2.75) is 25.4 Å². The Kier molecular flexibility index (Phi) is 4.05. The third-order valence-corrected chi connectivity index (χ3v) is 2.53. The molecule has 0 aliphatic heterocycles. The average molecular weight is 250 g/mol. The van der Waals surface area contributed by atoms with E-state index in [2.05, 4.69) is 5.32 Å². The molecule has 0 unspecified atom stereocenters. The summed E-state index contributed by atoms with van der Waals surface area (Å²) in [6, 6.07) is 5.55. The molecule has 6 heteroatoms. The highest BCUT2D eigenvalue weighted by Gasteiger charge is 2.28. The molecule has 0 aliphatic rings. The van der Waals surface area contributed by atoms with Gasteiger partial charge in [0.2, 0.25) is 5.91 Å². The second kappa shape index (κ2) is 5.16. The summed E-state index contributed by atoms with van der Waals surface area (Å²) in [5.41, 5.74) is 16.4. The van der Waals surface area contributed by atoms with Crippen LogP contribution >= 0.6 is 0 Å². The molecule has 0 saturated heterocycles. The van der Waals surface area contributed by atoms with E-state index in [9.17, 15) is 9.59 Å². The first-order valence-corrected chi connectivity index (χ1v) is 5.47. The number of carbonyl (C=O) groups is 2. The SMILES string of the molecule is CC(C)(N)[C@H](N)C(=O)Nc1ccccc1C(N)=O. The topological polar surface area (TPSA) is 124 Å². The molecule has 2 amide bonds. The monoisotopic (exact) mass is 250 g/mol. The van der Waals surface area contributed by atoms with Crippen LogP contribution in [0.15, 0.2) is 24.3 Å². The van der Waals surface area contributed by atoms with Crippen molar-refractivity contribution in [1.29, 1.82) is 0 Å². The van der Waals surface area contributed by atoms with Crippen LogP contribution in [-0.4, -0.2) is 23.4 Å². The number of hydrogen-bond acceptors (Lipinski definition) is 4. The molecule has 0 aliphatic carbocycles. The second-order valence-corrected chi connectivity index (χ2v) is 4.70. The molecule has 0 aromatic heterocycles. The van der Waals surface area contributed by atoms with Gasteiger partial charge in [-0.15, -0.1) is 0 Å². The molecule has 0 saturated carbocycles. The molecule has 0 heterocycles.